The van der Waals surface area contributed by atoms with Crippen molar-refractivity contribution in [1.29, 1.82) is 0 Å². The first-order valence-electron chi connectivity index (χ1n) is 8.63. The molecule has 12 heteroatoms. The minimum absolute atomic E-state index is 0.0123. The molecule has 160 valence electrons. The van der Waals surface area contributed by atoms with Gasteiger partial charge in [0.25, 0.3) is 5.69 Å². The van der Waals surface area contributed by atoms with Crippen molar-refractivity contribution in [2.45, 2.75) is 4.90 Å². The lowest BCUT2D eigenvalue weighted by Gasteiger charge is -2.08. The van der Waals surface area contributed by atoms with Crippen LogP contribution in [0.4, 0.5) is 5.69 Å². The molecule has 0 saturated carbocycles. The van der Waals surface area contributed by atoms with Crippen LogP contribution in [-0.4, -0.2) is 84.5 Å². The molecule has 0 radical (unpaired) electrons. The Morgan fingerprint density at radius 1 is 0.857 bits per heavy atom. The number of hydrogen-bond donors (Lipinski definition) is 2. The normalized spacial score (nSPS) is 11.6. The summed E-state index contributed by atoms with van der Waals surface area (Å²) in [6.07, 6.45) is 0. The molecular formula is C16H26N2O9S. The SMILES string of the molecule is O=[N+]([O-])c1ccc(S(=O)(=O)NCCOCCOCCOCCOCCO)cc1. The van der Waals surface area contributed by atoms with Crippen LogP contribution in [0.25, 0.3) is 0 Å². The maximum absolute atomic E-state index is 12.0. The zero-order valence-corrected chi connectivity index (χ0v) is 16.3. The number of nitro benzene ring substituents is 1. The molecule has 2 N–H and O–H groups in total. The van der Waals surface area contributed by atoms with Crippen LogP contribution in [0.3, 0.4) is 0 Å². The van der Waals surface area contributed by atoms with Crippen LogP contribution in [0.2, 0.25) is 0 Å². The minimum Gasteiger partial charge on any atom is -0.394 e. The fourth-order valence-corrected chi connectivity index (χ4v) is 2.92. The maximum Gasteiger partial charge on any atom is 0.269 e. The summed E-state index contributed by atoms with van der Waals surface area (Å²) in [6, 6.07) is 4.62. The van der Waals surface area contributed by atoms with Crippen LogP contribution >= 0.6 is 0 Å². The molecule has 0 aromatic heterocycles. The third-order valence-corrected chi connectivity index (χ3v) is 4.72. The lowest BCUT2D eigenvalue weighted by Crippen LogP contribution is -2.27. The lowest BCUT2D eigenvalue weighted by molar-refractivity contribution is -0.384. The fourth-order valence-electron chi connectivity index (χ4n) is 1.90. The summed E-state index contributed by atoms with van der Waals surface area (Å²) >= 11 is 0. The Balaban J connectivity index is 2.02. The van der Waals surface area contributed by atoms with Gasteiger partial charge in [-0.1, -0.05) is 0 Å². The van der Waals surface area contributed by atoms with E-state index in [0.717, 1.165) is 12.1 Å². The number of aliphatic hydroxyl groups excluding tert-OH is 1. The molecule has 11 nitrogen and oxygen atoms in total. The molecule has 0 atom stereocenters. The highest BCUT2D eigenvalue weighted by Crippen LogP contribution is 2.15. The van der Waals surface area contributed by atoms with E-state index < -0.39 is 14.9 Å². The average Bonchev–Trinajstić information content (AvgIpc) is 2.68. The number of ether oxygens (including phenoxy) is 4. The molecule has 1 rings (SSSR count). The van der Waals surface area contributed by atoms with Crippen molar-refractivity contribution >= 4 is 15.7 Å². The number of nitrogens with zero attached hydrogens (tertiary/aromatic N) is 1. The van der Waals surface area contributed by atoms with Gasteiger partial charge in [-0.3, -0.25) is 10.1 Å². The van der Waals surface area contributed by atoms with E-state index in [0.29, 0.717) is 46.2 Å². The van der Waals surface area contributed by atoms with Crippen molar-refractivity contribution in [3.63, 3.8) is 0 Å². The van der Waals surface area contributed by atoms with Crippen LogP contribution < -0.4 is 4.72 Å². The summed E-state index contributed by atoms with van der Waals surface area (Å²) in [7, 11) is -3.74. The minimum atomic E-state index is -3.74. The molecule has 0 aliphatic rings. The number of benzene rings is 1. The monoisotopic (exact) mass is 422 g/mol. The van der Waals surface area contributed by atoms with Gasteiger partial charge in [-0.05, 0) is 12.1 Å². The number of nitro groups is 1. The number of rotatable bonds is 17. The smallest absolute Gasteiger partial charge is 0.269 e. The zero-order chi connectivity index (χ0) is 20.7. The quantitative estimate of drug-likeness (QED) is 0.200. The second-order valence-electron chi connectivity index (χ2n) is 5.32. The van der Waals surface area contributed by atoms with Crippen LogP contribution in [-0.2, 0) is 29.0 Å². The highest BCUT2D eigenvalue weighted by atomic mass is 32.2. The van der Waals surface area contributed by atoms with Crippen molar-refractivity contribution in [3.8, 4) is 0 Å². The summed E-state index contributed by atoms with van der Waals surface area (Å²) in [5, 5.41) is 19.1. The van der Waals surface area contributed by atoms with Crippen LogP contribution in [0.1, 0.15) is 0 Å². The maximum atomic E-state index is 12.0. The van der Waals surface area contributed by atoms with Gasteiger partial charge in [0, 0.05) is 18.7 Å². The summed E-state index contributed by atoms with van der Waals surface area (Å²) in [5.41, 5.74) is -0.178. The van der Waals surface area contributed by atoms with Gasteiger partial charge in [0.1, 0.15) is 0 Å². The first kappa shape index (κ1) is 24.4. The summed E-state index contributed by atoms with van der Waals surface area (Å²) in [5.74, 6) is 0. The average molecular weight is 422 g/mol. The summed E-state index contributed by atoms with van der Waals surface area (Å²) < 4.78 is 47.2. The van der Waals surface area contributed by atoms with Crippen molar-refractivity contribution in [1.82, 2.24) is 4.72 Å². The summed E-state index contributed by atoms with van der Waals surface area (Å²) in [4.78, 5) is 9.93. The van der Waals surface area contributed by atoms with E-state index >= 15 is 0 Å². The fraction of sp³-hybridized carbons (Fsp3) is 0.625. The van der Waals surface area contributed by atoms with E-state index in [4.69, 9.17) is 24.1 Å². The Labute approximate surface area is 163 Å². The molecular weight excluding hydrogens is 396 g/mol. The topological polar surface area (TPSA) is 146 Å². The van der Waals surface area contributed by atoms with E-state index in [9.17, 15) is 18.5 Å². The molecule has 0 aliphatic heterocycles. The third-order valence-electron chi connectivity index (χ3n) is 3.25. The standard InChI is InChI=1S/C16H26N2O9S/c19-6-8-25-10-12-27-14-13-26-11-9-24-7-5-17-28(22,23)16-3-1-15(2-4-16)18(20)21/h1-4,17,19H,5-14H2. The Bertz CT molecular complexity index is 653. The Hall–Kier alpha value is -1.67. The zero-order valence-electron chi connectivity index (χ0n) is 15.4. The van der Waals surface area contributed by atoms with E-state index in [2.05, 4.69) is 4.72 Å². The lowest BCUT2D eigenvalue weighted by atomic mass is 10.3. The predicted octanol–water partition coefficient (Wildman–Crippen LogP) is -0.0682. The molecule has 0 heterocycles. The van der Waals surface area contributed by atoms with Gasteiger partial charge < -0.3 is 24.1 Å². The Morgan fingerprint density at radius 2 is 1.32 bits per heavy atom. The van der Waals surface area contributed by atoms with Gasteiger partial charge in [-0.25, -0.2) is 13.1 Å². The van der Waals surface area contributed by atoms with Gasteiger partial charge in [-0.15, -0.1) is 0 Å². The number of aliphatic hydroxyl groups is 1. The van der Waals surface area contributed by atoms with Crippen molar-refractivity contribution in [3.05, 3.63) is 34.4 Å². The van der Waals surface area contributed by atoms with Crippen LogP contribution in [0.15, 0.2) is 29.2 Å². The molecule has 0 aliphatic carbocycles. The third kappa shape index (κ3) is 10.6. The van der Waals surface area contributed by atoms with E-state index in [1.807, 2.05) is 0 Å². The number of nitrogens with one attached hydrogen (secondary N) is 1. The van der Waals surface area contributed by atoms with E-state index in [-0.39, 0.29) is 30.3 Å². The van der Waals surface area contributed by atoms with Crippen LogP contribution in [0, 0.1) is 10.1 Å². The molecule has 0 spiro atoms. The predicted molar refractivity (Wildman–Crippen MR) is 98.6 cm³/mol. The van der Waals surface area contributed by atoms with E-state index in [1.54, 1.807) is 0 Å². The largest absolute Gasteiger partial charge is 0.394 e. The number of non-ortho nitro benzene ring substituents is 1. The second kappa shape index (κ2) is 14.3. The molecule has 0 unspecified atom stereocenters. The molecule has 0 saturated heterocycles. The number of hydrogen-bond acceptors (Lipinski definition) is 9. The van der Waals surface area contributed by atoms with Gasteiger partial charge in [-0.2, -0.15) is 0 Å². The van der Waals surface area contributed by atoms with Gasteiger partial charge in [0.15, 0.2) is 0 Å². The van der Waals surface area contributed by atoms with Crippen molar-refractivity contribution in [2.24, 2.45) is 0 Å². The van der Waals surface area contributed by atoms with E-state index in [1.165, 1.54) is 12.1 Å². The number of sulfonamides is 1. The first-order valence-corrected chi connectivity index (χ1v) is 10.1. The Kier molecular flexibility index (Phi) is 12.5. The molecule has 28 heavy (non-hydrogen) atoms. The van der Waals surface area contributed by atoms with Gasteiger partial charge in [0.05, 0.1) is 69.3 Å². The van der Waals surface area contributed by atoms with Crippen LogP contribution in [0.5, 0.6) is 0 Å². The van der Waals surface area contributed by atoms with Crippen molar-refractivity contribution in [2.75, 3.05) is 66.0 Å². The molecule has 0 amide bonds. The first-order chi connectivity index (χ1) is 13.5. The second-order valence-corrected chi connectivity index (χ2v) is 7.09. The highest BCUT2D eigenvalue weighted by Gasteiger charge is 2.15. The molecule has 1 aromatic carbocycles. The molecule has 0 fully saturated rings. The van der Waals surface area contributed by atoms with Crippen molar-refractivity contribution < 1.29 is 37.4 Å². The Morgan fingerprint density at radius 3 is 1.79 bits per heavy atom. The molecule has 1 aromatic rings. The summed E-state index contributed by atoms with van der Waals surface area (Å²) in [6.45, 7) is 2.81. The van der Waals surface area contributed by atoms with Gasteiger partial charge in [0.2, 0.25) is 10.0 Å². The highest BCUT2D eigenvalue weighted by molar-refractivity contribution is 7.89. The molecule has 0 bridgehead atoms. The van der Waals surface area contributed by atoms with Gasteiger partial charge >= 0.3 is 0 Å².